The summed E-state index contributed by atoms with van der Waals surface area (Å²) < 4.78 is 5.32. The number of hydrogen-bond acceptors (Lipinski definition) is 4. The van der Waals surface area contributed by atoms with Crippen molar-refractivity contribution in [3.63, 3.8) is 0 Å². The Hall–Kier alpha value is -2.11. The average molecular weight is 356 g/mol. The van der Waals surface area contributed by atoms with Crippen LogP contribution in [0.25, 0.3) is 0 Å². The van der Waals surface area contributed by atoms with Gasteiger partial charge in [-0.1, -0.05) is 29.3 Å². The molecular weight excluding hydrogens is 341 g/mol. The predicted molar refractivity (Wildman–Crippen MR) is 88.4 cm³/mol. The van der Waals surface area contributed by atoms with Crippen LogP contribution in [0.2, 0.25) is 10.0 Å². The van der Waals surface area contributed by atoms with E-state index in [1.807, 2.05) is 0 Å². The summed E-state index contributed by atoms with van der Waals surface area (Å²) in [6.07, 6.45) is 0.511. The van der Waals surface area contributed by atoms with Crippen LogP contribution in [0.4, 0.5) is 0 Å². The second-order valence-electron chi connectivity index (χ2n) is 4.79. The van der Waals surface area contributed by atoms with E-state index in [2.05, 4.69) is 5.32 Å². The van der Waals surface area contributed by atoms with Gasteiger partial charge in [0, 0.05) is 17.6 Å². The van der Waals surface area contributed by atoms with E-state index in [4.69, 9.17) is 27.9 Å². The lowest BCUT2D eigenvalue weighted by atomic mass is 10.1. The van der Waals surface area contributed by atoms with Crippen LogP contribution in [0, 0.1) is 0 Å². The molecule has 2 aromatic rings. The molecule has 23 heavy (non-hydrogen) atoms. The van der Waals surface area contributed by atoms with Crippen LogP contribution in [0.15, 0.2) is 36.4 Å². The number of hydrogen-bond donors (Lipinski definition) is 3. The topological polar surface area (TPSA) is 78.8 Å². The van der Waals surface area contributed by atoms with Crippen LogP contribution < -0.4 is 10.1 Å². The van der Waals surface area contributed by atoms with E-state index in [0.29, 0.717) is 28.8 Å². The maximum atomic E-state index is 11.7. The quantitative estimate of drug-likeness (QED) is 0.695. The monoisotopic (exact) mass is 355 g/mol. The van der Waals surface area contributed by atoms with Gasteiger partial charge in [0.25, 0.3) is 5.91 Å². The summed E-state index contributed by atoms with van der Waals surface area (Å²) in [6, 6.07) is 9.28. The van der Waals surface area contributed by atoms with E-state index in [9.17, 15) is 15.0 Å². The van der Waals surface area contributed by atoms with Crippen LogP contribution in [-0.4, -0.2) is 29.3 Å². The molecule has 7 heteroatoms. The summed E-state index contributed by atoms with van der Waals surface area (Å²) in [7, 11) is 0. The molecule has 1 amide bonds. The number of nitrogens with one attached hydrogen (secondary N) is 1. The first-order valence-corrected chi connectivity index (χ1v) is 7.56. The minimum Gasteiger partial charge on any atom is -0.504 e. The van der Waals surface area contributed by atoms with Crippen molar-refractivity contribution in [2.45, 2.75) is 6.42 Å². The van der Waals surface area contributed by atoms with Gasteiger partial charge in [-0.25, -0.2) is 0 Å². The Bertz CT molecular complexity index is 706. The second-order valence-corrected chi connectivity index (χ2v) is 5.63. The summed E-state index contributed by atoms with van der Waals surface area (Å²) in [4.78, 5) is 11.7. The standard InChI is InChI=1S/C16H15Cl2NO4/c17-11-2-3-12(18)15(8-11)23-9-16(22)19-6-5-10-1-4-13(20)14(21)7-10/h1-4,7-8,20-21H,5-6,9H2,(H,19,22). The fourth-order valence-electron chi connectivity index (χ4n) is 1.85. The number of aromatic hydroxyl groups is 2. The SMILES string of the molecule is O=C(COc1cc(Cl)ccc1Cl)NCCc1ccc(O)c(O)c1. The predicted octanol–water partition coefficient (Wildman–Crippen LogP) is 3.14. The molecule has 0 saturated heterocycles. The van der Waals surface area contributed by atoms with Crippen LogP contribution in [0.1, 0.15) is 5.56 Å². The number of halogens is 2. The Morgan fingerprint density at radius 3 is 2.61 bits per heavy atom. The van der Waals surface area contributed by atoms with Gasteiger partial charge in [0.05, 0.1) is 5.02 Å². The molecule has 0 aliphatic heterocycles. The van der Waals surface area contributed by atoms with Crippen LogP contribution in [0.5, 0.6) is 17.2 Å². The Balaban J connectivity index is 1.77. The number of carbonyl (C=O) groups excluding carboxylic acids is 1. The Morgan fingerprint density at radius 2 is 1.87 bits per heavy atom. The number of rotatable bonds is 6. The van der Waals surface area contributed by atoms with E-state index >= 15 is 0 Å². The lowest BCUT2D eigenvalue weighted by Gasteiger charge is -2.09. The molecular formula is C16H15Cl2NO4. The number of benzene rings is 2. The first kappa shape index (κ1) is 17.2. The van der Waals surface area contributed by atoms with Crippen molar-refractivity contribution in [3.8, 4) is 17.2 Å². The largest absolute Gasteiger partial charge is 0.504 e. The van der Waals surface area contributed by atoms with E-state index < -0.39 is 0 Å². The Labute approximate surface area is 143 Å². The molecule has 0 bridgehead atoms. The van der Waals surface area contributed by atoms with Gasteiger partial charge >= 0.3 is 0 Å². The van der Waals surface area contributed by atoms with E-state index in [-0.39, 0.29) is 24.0 Å². The van der Waals surface area contributed by atoms with Crippen molar-refractivity contribution in [3.05, 3.63) is 52.0 Å². The van der Waals surface area contributed by atoms with Gasteiger partial charge in [-0.2, -0.15) is 0 Å². The second kappa shape index (κ2) is 7.94. The maximum absolute atomic E-state index is 11.7. The molecule has 2 rings (SSSR count). The molecule has 5 nitrogen and oxygen atoms in total. The van der Waals surface area contributed by atoms with Crippen LogP contribution in [-0.2, 0) is 11.2 Å². The zero-order valence-electron chi connectivity index (χ0n) is 12.1. The van der Waals surface area contributed by atoms with Crippen molar-refractivity contribution in [2.75, 3.05) is 13.2 Å². The smallest absolute Gasteiger partial charge is 0.257 e. The zero-order valence-corrected chi connectivity index (χ0v) is 13.6. The van der Waals surface area contributed by atoms with E-state index in [1.165, 1.54) is 18.2 Å². The number of amides is 1. The highest BCUT2D eigenvalue weighted by molar-refractivity contribution is 6.34. The number of ether oxygens (including phenoxy) is 1. The number of phenols is 2. The fourth-order valence-corrected chi connectivity index (χ4v) is 2.19. The highest BCUT2D eigenvalue weighted by Crippen LogP contribution is 2.27. The first-order chi connectivity index (χ1) is 11.0. The van der Waals surface area contributed by atoms with Crippen molar-refractivity contribution in [2.24, 2.45) is 0 Å². The summed E-state index contributed by atoms with van der Waals surface area (Å²) in [5, 5.41) is 22.1. The first-order valence-electron chi connectivity index (χ1n) is 6.81. The zero-order chi connectivity index (χ0) is 16.8. The number of carbonyl (C=O) groups is 1. The summed E-state index contributed by atoms with van der Waals surface area (Å²) >= 11 is 11.8. The van der Waals surface area contributed by atoms with Crippen LogP contribution >= 0.6 is 23.2 Å². The molecule has 0 aromatic heterocycles. The third-order valence-corrected chi connectivity index (χ3v) is 3.58. The molecule has 0 saturated carbocycles. The average Bonchev–Trinajstić information content (AvgIpc) is 2.52. The molecule has 0 radical (unpaired) electrons. The molecule has 0 aliphatic carbocycles. The molecule has 0 heterocycles. The van der Waals surface area contributed by atoms with Crippen molar-refractivity contribution in [1.82, 2.24) is 5.32 Å². The summed E-state index contributed by atoms with van der Waals surface area (Å²) in [5.74, 6) is -0.320. The van der Waals surface area contributed by atoms with Crippen molar-refractivity contribution >= 4 is 29.1 Å². The Kier molecular flexibility index (Phi) is 5.96. The summed E-state index contributed by atoms with van der Waals surface area (Å²) in [6.45, 7) is 0.191. The van der Waals surface area contributed by atoms with Crippen molar-refractivity contribution < 1.29 is 19.7 Å². The van der Waals surface area contributed by atoms with Gasteiger partial charge in [-0.05, 0) is 36.2 Å². The molecule has 3 N–H and O–H groups in total. The maximum Gasteiger partial charge on any atom is 0.257 e. The Morgan fingerprint density at radius 1 is 1.09 bits per heavy atom. The molecule has 0 unspecified atom stereocenters. The van der Waals surface area contributed by atoms with Gasteiger partial charge in [0.15, 0.2) is 18.1 Å². The normalized spacial score (nSPS) is 10.3. The minimum absolute atomic E-state index is 0.176. The van der Waals surface area contributed by atoms with Gasteiger partial charge in [0.1, 0.15) is 5.75 Å². The number of phenolic OH excluding ortho intramolecular Hbond substituents is 2. The van der Waals surface area contributed by atoms with E-state index in [1.54, 1.807) is 18.2 Å². The van der Waals surface area contributed by atoms with Crippen LogP contribution in [0.3, 0.4) is 0 Å². The summed E-state index contributed by atoms with van der Waals surface area (Å²) in [5.41, 5.74) is 0.791. The van der Waals surface area contributed by atoms with Gasteiger partial charge < -0.3 is 20.3 Å². The van der Waals surface area contributed by atoms with Gasteiger partial charge in [-0.3, -0.25) is 4.79 Å². The van der Waals surface area contributed by atoms with E-state index in [0.717, 1.165) is 5.56 Å². The molecule has 0 fully saturated rings. The van der Waals surface area contributed by atoms with Gasteiger partial charge in [0.2, 0.25) is 0 Å². The van der Waals surface area contributed by atoms with Crippen molar-refractivity contribution in [1.29, 1.82) is 0 Å². The molecule has 122 valence electrons. The van der Waals surface area contributed by atoms with Gasteiger partial charge in [-0.15, -0.1) is 0 Å². The lowest BCUT2D eigenvalue weighted by Crippen LogP contribution is -2.30. The third-order valence-electron chi connectivity index (χ3n) is 3.03. The molecule has 0 spiro atoms. The lowest BCUT2D eigenvalue weighted by molar-refractivity contribution is -0.123. The fraction of sp³-hybridized carbons (Fsp3) is 0.188. The molecule has 0 aliphatic rings. The molecule has 2 aromatic carbocycles. The minimum atomic E-state index is -0.302. The third kappa shape index (κ3) is 5.23. The molecule has 0 atom stereocenters. The highest BCUT2D eigenvalue weighted by Gasteiger charge is 2.07. The highest BCUT2D eigenvalue weighted by atomic mass is 35.5.